The van der Waals surface area contributed by atoms with Crippen molar-refractivity contribution in [1.29, 1.82) is 0 Å². The van der Waals surface area contributed by atoms with Crippen molar-refractivity contribution in [3.8, 4) is 0 Å². The Labute approximate surface area is 149 Å². The van der Waals surface area contributed by atoms with Crippen LogP contribution in [0.5, 0.6) is 0 Å². The maximum absolute atomic E-state index is 12.9. The topological polar surface area (TPSA) is 77.7 Å². The van der Waals surface area contributed by atoms with Crippen molar-refractivity contribution in [3.05, 3.63) is 11.8 Å². The summed E-state index contributed by atoms with van der Waals surface area (Å²) in [6.45, 7) is 5.57. The van der Waals surface area contributed by atoms with Gasteiger partial charge in [-0.25, -0.2) is 0 Å². The summed E-state index contributed by atoms with van der Waals surface area (Å²) in [5, 5.41) is 8.25. The summed E-state index contributed by atoms with van der Waals surface area (Å²) in [7, 11) is 1.77. The first-order valence-corrected chi connectivity index (χ1v) is 9.31. The molecular weight excluding hydrogens is 322 g/mol. The Morgan fingerprint density at radius 2 is 2.04 bits per heavy atom. The molecule has 0 N–H and O–H groups in total. The number of hydrogen-bond donors (Lipinski definition) is 0. The zero-order valence-electron chi connectivity index (χ0n) is 15.4. The molecule has 2 fully saturated rings. The molecule has 0 unspecified atom stereocenters. The monoisotopic (exact) mass is 351 g/mol. The molecule has 2 heterocycles. The summed E-state index contributed by atoms with van der Waals surface area (Å²) in [6.07, 6.45) is 5.13. The Bertz CT molecular complexity index is 566. The maximum Gasteiger partial charge on any atom is 0.241 e. The average Bonchev–Trinajstić information content (AvgIpc) is 3.12. The van der Waals surface area contributed by atoms with E-state index in [0.717, 1.165) is 25.7 Å². The molecule has 1 amide bonds. The highest BCUT2D eigenvalue weighted by atomic mass is 16.5. The standard InChI is InChI=1S/C18H29N3O4/c1-12(2)17-19-20-18(25-17)15-11-24-9-8-21(15)16(22)10-13-4-6-14(23-3)7-5-13/h12-15H,4-11H2,1-3H3/t13?,14?,15-/m1/s1. The molecule has 7 nitrogen and oxygen atoms in total. The van der Waals surface area contributed by atoms with Crippen LogP contribution in [0.25, 0.3) is 0 Å². The number of nitrogens with zero attached hydrogens (tertiary/aromatic N) is 3. The third-order valence-electron chi connectivity index (χ3n) is 5.27. The molecule has 25 heavy (non-hydrogen) atoms. The second-order valence-corrected chi connectivity index (χ2v) is 7.39. The third kappa shape index (κ3) is 4.39. The molecular formula is C18H29N3O4. The molecule has 1 saturated heterocycles. The zero-order valence-corrected chi connectivity index (χ0v) is 15.4. The van der Waals surface area contributed by atoms with Crippen LogP contribution in [-0.4, -0.2) is 54.0 Å². The number of methoxy groups -OCH3 is 1. The van der Waals surface area contributed by atoms with Crippen LogP contribution in [0.3, 0.4) is 0 Å². The summed E-state index contributed by atoms with van der Waals surface area (Å²) in [5.74, 6) is 1.87. The second kappa shape index (κ2) is 8.27. The third-order valence-corrected chi connectivity index (χ3v) is 5.27. The minimum absolute atomic E-state index is 0.165. The number of ether oxygens (including phenoxy) is 2. The molecule has 1 aliphatic carbocycles. The van der Waals surface area contributed by atoms with Crippen LogP contribution in [0.15, 0.2) is 4.42 Å². The van der Waals surface area contributed by atoms with Gasteiger partial charge in [0.2, 0.25) is 17.7 Å². The Morgan fingerprint density at radius 3 is 2.68 bits per heavy atom. The predicted molar refractivity (Wildman–Crippen MR) is 91.0 cm³/mol. The minimum Gasteiger partial charge on any atom is -0.423 e. The molecule has 0 spiro atoms. The molecule has 3 rings (SSSR count). The predicted octanol–water partition coefficient (Wildman–Crippen LogP) is 2.69. The molecule has 0 aromatic carbocycles. The average molecular weight is 351 g/mol. The normalized spacial score (nSPS) is 27.7. The molecule has 2 aliphatic rings. The van der Waals surface area contributed by atoms with E-state index in [-0.39, 0.29) is 17.9 Å². The van der Waals surface area contributed by atoms with Crippen molar-refractivity contribution in [2.45, 2.75) is 64.0 Å². The molecule has 0 bridgehead atoms. The van der Waals surface area contributed by atoms with Crippen LogP contribution in [0.4, 0.5) is 0 Å². The van der Waals surface area contributed by atoms with Gasteiger partial charge in [0.25, 0.3) is 0 Å². The first-order chi connectivity index (χ1) is 12.1. The van der Waals surface area contributed by atoms with Gasteiger partial charge >= 0.3 is 0 Å². The van der Waals surface area contributed by atoms with Gasteiger partial charge in [-0.15, -0.1) is 10.2 Å². The Balaban J connectivity index is 1.62. The molecule has 1 aliphatic heterocycles. The van der Waals surface area contributed by atoms with Gasteiger partial charge in [0.05, 0.1) is 19.3 Å². The van der Waals surface area contributed by atoms with E-state index in [1.165, 1.54) is 0 Å². The van der Waals surface area contributed by atoms with Crippen LogP contribution >= 0.6 is 0 Å². The quantitative estimate of drug-likeness (QED) is 0.812. The number of morpholine rings is 1. The lowest BCUT2D eigenvalue weighted by molar-refractivity contribution is -0.142. The Morgan fingerprint density at radius 1 is 1.28 bits per heavy atom. The lowest BCUT2D eigenvalue weighted by atomic mass is 9.85. The van der Waals surface area contributed by atoms with Gasteiger partial charge in [0.15, 0.2) is 0 Å². The highest BCUT2D eigenvalue weighted by molar-refractivity contribution is 5.77. The molecule has 140 valence electrons. The number of rotatable bonds is 5. The van der Waals surface area contributed by atoms with E-state index in [1.54, 1.807) is 7.11 Å². The maximum atomic E-state index is 12.9. The first-order valence-electron chi connectivity index (χ1n) is 9.31. The SMILES string of the molecule is COC1CCC(CC(=O)N2CCOC[C@@H]2c2nnc(C(C)C)o2)CC1. The fraction of sp³-hybridized carbons (Fsp3) is 0.833. The van der Waals surface area contributed by atoms with Crippen molar-refractivity contribution >= 4 is 5.91 Å². The lowest BCUT2D eigenvalue weighted by Gasteiger charge is -2.35. The lowest BCUT2D eigenvalue weighted by Crippen LogP contribution is -2.44. The summed E-state index contributed by atoms with van der Waals surface area (Å²) in [5.41, 5.74) is 0. The summed E-state index contributed by atoms with van der Waals surface area (Å²) >= 11 is 0. The van der Waals surface area contributed by atoms with Crippen LogP contribution in [0, 0.1) is 5.92 Å². The van der Waals surface area contributed by atoms with Gasteiger partial charge in [0.1, 0.15) is 6.04 Å². The van der Waals surface area contributed by atoms with E-state index in [0.29, 0.717) is 50.0 Å². The van der Waals surface area contributed by atoms with Crippen molar-refractivity contribution in [2.24, 2.45) is 5.92 Å². The van der Waals surface area contributed by atoms with Gasteiger partial charge < -0.3 is 18.8 Å². The van der Waals surface area contributed by atoms with Crippen LogP contribution in [0.1, 0.15) is 69.7 Å². The van der Waals surface area contributed by atoms with Gasteiger partial charge in [0, 0.05) is 26.0 Å². The largest absolute Gasteiger partial charge is 0.423 e. The highest BCUT2D eigenvalue weighted by Crippen LogP contribution is 2.31. The van der Waals surface area contributed by atoms with Crippen LogP contribution in [-0.2, 0) is 14.3 Å². The van der Waals surface area contributed by atoms with E-state index in [4.69, 9.17) is 13.9 Å². The van der Waals surface area contributed by atoms with E-state index in [9.17, 15) is 4.79 Å². The molecule has 1 saturated carbocycles. The van der Waals surface area contributed by atoms with E-state index < -0.39 is 0 Å². The van der Waals surface area contributed by atoms with Crippen LogP contribution < -0.4 is 0 Å². The molecule has 1 aromatic rings. The summed E-state index contributed by atoms with van der Waals surface area (Å²) < 4.78 is 16.8. The van der Waals surface area contributed by atoms with Crippen molar-refractivity contribution in [2.75, 3.05) is 26.9 Å². The Kier molecular flexibility index (Phi) is 6.06. The molecule has 1 aromatic heterocycles. The van der Waals surface area contributed by atoms with Gasteiger partial charge in [-0.1, -0.05) is 13.8 Å². The van der Waals surface area contributed by atoms with Crippen molar-refractivity contribution < 1.29 is 18.7 Å². The number of carbonyl (C=O) groups is 1. The zero-order chi connectivity index (χ0) is 17.8. The summed E-state index contributed by atoms with van der Waals surface area (Å²) in [4.78, 5) is 14.8. The van der Waals surface area contributed by atoms with E-state index in [1.807, 2.05) is 18.7 Å². The molecule has 7 heteroatoms. The van der Waals surface area contributed by atoms with Gasteiger partial charge in [-0.3, -0.25) is 4.79 Å². The van der Waals surface area contributed by atoms with E-state index in [2.05, 4.69) is 10.2 Å². The molecule has 0 radical (unpaired) electrons. The van der Waals surface area contributed by atoms with Gasteiger partial charge in [-0.2, -0.15) is 0 Å². The minimum atomic E-state index is -0.267. The summed E-state index contributed by atoms with van der Waals surface area (Å²) in [6, 6.07) is -0.267. The van der Waals surface area contributed by atoms with Gasteiger partial charge in [-0.05, 0) is 31.6 Å². The fourth-order valence-corrected chi connectivity index (χ4v) is 3.66. The molecule has 1 atom stereocenters. The first kappa shape index (κ1) is 18.3. The second-order valence-electron chi connectivity index (χ2n) is 7.39. The number of amides is 1. The highest BCUT2D eigenvalue weighted by Gasteiger charge is 2.34. The van der Waals surface area contributed by atoms with E-state index >= 15 is 0 Å². The van der Waals surface area contributed by atoms with Crippen molar-refractivity contribution in [3.63, 3.8) is 0 Å². The van der Waals surface area contributed by atoms with Crippen LogP contribution in [0.2, 0.25) is 0 Å². The fourth-order valence-electron chi connectivity index (χ4n) is 3.66. The number of hydrogen-bond acceptors (Lipinski definition) is 6. The number of aromatic nitrogens is 2. The van der Waals surface area contributed by atoms with Crippen molar-refractivity contribution in [1.82, 2.24) is 15.1 Å². The smallest absolute Gasteiger partial charge is 0.241 e. The Hall–Kier alpha value is -1.47. The number of carbonyl (C=O) groups excluding carboxylic acids is 1.